The average Bonchev–Trinajstić information content (AvgIpc) is 3.14. The zero-order chi connectivity index (χ0) is 12.4. The molecule has 98 valence electrons. The third-order valence-corrected chi connectivity index (χ3v) is 4.33. The number of aliphatic hydroxyl groups excluding tert-OH is 1. The number of hydrogen-bond acceptors (Lipinski definition) is 2. The monoisotopic (exact) mass is 245 g/mol. The van der Waals surface area contributed by atoms with Gasteiger partial charge in [-0.1, -0.05) is 24.3 Å². The topological polar surface area (TPSA) is 32.3 Å². The van der Waals surface area contributed by atoms with Gasteiger partial charge in [-0.3, -0.25) is 0 Å². The predicted octanol–water partition coefficient (Wildman–Crippen LogP) is 2.81. The Kier molecular flexibility index (Phi) is 3.67. The fourth-order valence-electron chi connectivity index (χ4n) is 3.13. The summed E-state index contributed by atoms with van der Waals surface area (Å²) < 4.78 is 0. The van der Waals surface area contributed by atoms with Gasteiger partial charge >= 0.3 is 0 Å². The van der Waals surface area contributed by atoms with Crippen molar-refractivity contribution in [1.82, 2.24) is 5.32 Å². The predicted molar refractivity (Wildman–Crippen MR) is 73.5 cm³/mol. The molecule has 0 aromatic heterocycles. The molecule has 0 radical (unpaired) electrons. The quantitative estimate of drug-likeness (QED) is 0.836. The lowest BCUT2D eigenvalue weighted by molar-refractivity contribution is 0.177. The van der Waals surface area contributed by atoms with Gasteiger partial charge in [0.25, 0.3) is 0 Å². The van der Waals surface area contributed by atoms with Crippen molar-refractivity contribution in [3.63, 3.8) is 0 Å². The molecule has 2 aliphatic rings. The smallest absolute Gasteiger partial charge is 0.0543 e. The van der Waals surface area contributed by atoms with Gasteiger partial charge in [-0.25, -0.2) is 0 Å². The first kappa shape index (κ1) is 12.2. The van der Waals surface area contributed by atoms with Crippen molar-refractivity contribution in [2.45, 2.75) is 50.7 Å². The van der Waals surface area contributed by atoms with Crippen molar-refractivity contribution in [2.24, 2.45) is 5.92 Å². The normalized spacial score (nSPS) is 27.6. The summed E-state index contributed by atoms with van der Waals surface area (Å²) in [6, 6.07) is 8.84. The molecule has 1 aromatic rings. The van der Waals surface area contributed by atoms with Gasteiger partial charge in [-0.15, -0.1) is 0 Å². The molecular weight excluding hydrogens is 222 g/mol. The zero-order valence-electron chi connectivity index (χ0n) is 10.9. The van der Waals surface area contributed by atoms with Crippen LogP contribution in [0.15, 0.2) is 24.3 Å². The number of aliphatic hydroxyl groups is 1. The Hall–Kier alpha value is -0.860. The summed E-state index contributed by atoms with van der Waals surface area (Å²) in [6.07, 6.45) is 5.84. The molecule has 0 saturated heterocycles. The fraction of sp³-hybridized carbons (Fsp3) is 0.625. The maximum Gasteiger partial charge on any atom is 0.0543 e. The summed E-state index contributed by atoms with van der Waals surface area (Å²) in [5.74, 6) is 1.50. The Morgan fingerprint density at radius 2 is 1.94 bits per heavy atom. The summed E-state index contributed by atoms with van der Waals surface area (Å²) in [7, 11) is 0. The highest BCUT2D eigenvalue weighted by Gasteiger charge is 2.26. The van der Waals surface area contributed by atoms with Crippen LogP contribution in [0.5, 0.6) is 0 Å². The average molecular weight is 245 g/mol. The van der Waals surface area contributed by atoms with Crippen molar-refractivity contribution in [3.8, 4) is 0 Å². The van der Waals surface area contributed by atoms with Crippen LogP contribution in [0.4, 0.5) is 0 Å². The highest BCUT2D eigenvalue weighted by atomic mass is 16.3. The van der Waals surface area contributed by atoms with Crippen molar-refractivity contribution in [2.75, 3.05) is 6.54 Å². The van der Waals surface area contributed by atoms with Crippen LogP contribution in [0.1, 0.15) is 49.1 Å². The minimum Gasteiger partial charge on any atom is -0.393 e. The Morgan fingerprint density at radius 3 is 2.67 bits per heavy atom. The van der Waals surface area contributed by atoms with Crippen molar-refractivity contribution in [1.29, 1.82) is 0 Å². The van der Waals surface area contributed by atoms with E-state index in [1.807, 2.05) is 0 Å². The lowest BCUT2D eigenvalue weighted by atomic mass is 10.0. The maximum atomic E-state index is 9.51. The third kappa shape index (κ3) is 2.93. The highest BCUT2D eigenvalue weighted by Crippen LogP contribution is 2.41. The van der Waals surface area contributed by atoms with Crippen LogP contribution in [-0.2, 0) is 6.54 Å². The highest BCUT2D eigenvalue weighted by molar-refractivity contribution is 5.33. The molecule has 1 aromatic carbocycles. The van der Waals surface area contributed by atoms with Gasteiger partial charge in [0.15, 0.2) is 0 Å². The summed E-state index contributed by atoms with van der Waals surface area (Å²) in [6.45, 7) is 2.04. The van der Waals surface area contributed by atoms with Crippen LogP contribution in [0.25, 0.3) is 0 Å². The van der Waals surface area contributed by atoms with E-state index in [1.54, 1.807) is 5.56 Å². The van der Waals surface area contributed by atoms with Crippen molar-refractivity contribution < 1.29 is 5.11 Å². The van der Waals surface area contributed by atoms with E-state index in [1.165, 1.54) is 24.8 Å². The van der Waals surface area contributed by atoms with E-state index in [0.29, 0.717) is 5.92 Å². The summed E-state index contributed by atoms with van der Waals surface area (Å²) in [5.41, 5.74) is 3.02. The summed E-state index contributed by atoms with van der Waals surface area (Å²) in [4.78, 5) is 0. The van der Waals surface area contributed by atoms with E-state index in [-0.39, 0.29) is 6.10 Å². The molecule has 2 N–H and O–H groups in total. The Labute approximate surface area is 109 Å². The number of benzene rings is 1. The van der Waals surface area contributed by atoms with Crippen LogP contribution >= 0.6 is 0 Å². The largest absolute Gasteiger partial charge is 0.393 e. The van der Waals surface area contributed by atoms with Gasteiger partial charge in [0.05, 0.1) is 6.10 Å². The maximum absolute atomic E-state index is 9.51. The number of hydrogen-bond donors (Lipinski definition) is 2. The van der Waals surface area contributed by atoms with Crippen LogP contribution in [0, 0.1) is 5.92 Å². The summed E-state index contributed by atoms with van der Waals surface area (Å²) >= 11 is 0. The molecule has 0 amide bonds. The SMILES string of the molecule is OC1CCC(CNCc2ccccc2C2CC2)C1. The Balaban J connectivity index is 1.50. The molecule has 2 nitrogen and oxygen atoms in total. The van der Waals surface area contributed by atoms with Crippen molar-refractivity contribution >= 4 is 0 Å². The molecule has 2 fully saturated rings. The molecule has 0 bridgehead atoms. The van der Waals surface area contributed by atoms with Crippen LogP contribution in [0.2, 0.25) is 0 Å². The molecule has 0 aliphatic heterocycles. The molecule has 2 heteroatoms. The third-order valence-electron chi connectivity index (χ3n) is 4.33. The zero-order valence-corrected chi connectivity index (χ0v) is 10.9. The minimum atomic E-state index is -0.0458. The van der Waals surface area contributed by atoms with E-state index in [9.17, 15) is 5.11 Å². The van der Waals surface area contributed by atoms with E-state index >= 15 is 0 Å². The van der Waals surface area contributed by atoms with E-state index in [0.717, 1.165) is 31.8 Å². The van der Waals surface area contributed by atoms with Gasteiger partial charge in [-0.05, 0) is 61.6 Å². The van der Waals surface area contributed by atoms with Gasteiger partial charge < -0.3 is 10.4 Å². The van der Waals surface area contributed by atoms with Gasteiger partial charge in [0.1, 0.15) is 0 Å². The second-order valence-electron chi connectivity index (χ2n) is 5.94. The Morgan fingerprint density at radius 1 is 1.11 bits per heavy atom. The second kappa shape index (κ2) is 5.41. The first-order chi connectivity index (χ1) is 8.83. The van der Waals surface area contributed by atoms with Crippen LogP contribution < -0.4 is 5.32 Å². The lowest BCUT2D eigenvalue weighted by Gasteiger charge is -2.13. The van der Waals surface area contributed by atoms with E-state index < -0.39 is 0 Å². The van der Waals surface area contributed by atoms with E-state index in [4.69, 9.17) is 0 Å². The molecule has 0 spiro atoms. The molecular formula is C16H23NO. The molecule has 2 unspecified atom stereocenters. The summed E-state index contributed by atoms with van der Waals surface area (Å²) in [5, 5.41) is 13.1. The van der Waals surface area contributed by atoms with Crippen LogP contribution in [0.3, 0.4) is 0 Å². The van der Waals surface area contributed by atoms with Gasteiger partial charge in [0.2, 0.25) is 0 Å². The molecule has 2 saturated carbocycles. The first-order valence-corrected chi connectivity index (χ1v) is 7.29. The van der Waals surface area contributed by atoms with Gasteiger partial charge in [0, 0.05) is 6.54 Å². The van der Waals surface area contributed by atoms with Crippen LogP contribution in [-0.4, -0.2) is 17.8 Å². The Bertz CT molecular complexity index is 400. The standard InChI is InChI=1S/C16H23NO/c18-15-8-5-12(9-15)10-17-11-14-3-1-2-4-16(14)13-6-7-13/h1-4,12-13,15,17-18H,5-11H2. The molecule has 3 rings (SSSR count). The molecule has 0 heterocycles. The van der Waals surface area contributed by atoms with Gasteiger partial charge in [-0.2, -0.15) is 0 Å². The number of rotatable bonds is 5. The van der Waals surface area contributed by atoms with Crippen molar-refractivity contribution in [3.05, 3.63) is 35.4 Å². The molecule has 18 heavy (non-hydrogen) atoms. The second-order valence-corrected chi connectivity index (χ2v) is 5.94. The lowest BCUT2D eigenvalue weighted by Crippen LogP contribution is -2.22. The number of nitrogens with one attached hydrogen (secondary N) is 1. The first-order valence-electron chi connectivity index (χ1n) is 7.29. The van der Waals surface area contributed by atoms with E-state index in [2.05, 4.69) is 29.6 Å². The fourth-order valence-corrected chi connectivity index (χ4v) is 3.13. The molecule has 2 aliphatic carbocycles. The minimum absolute atomic E-state index is 0.0458. The molecule has 2 atom stereocenters.